The van der Waals surface area contributed by atoms with Crippen LogP contribution >= 0.6 is 0 Å². The summed E-state index contributed by atoms with van der Waals surface area (Å²) in [6.45, 7) is 0. The van der Waals surface area contributed by atoms with Crippen molar-refractivity contribution in [1.29, 1.82) is 0 Å². The van der Waals surface area contributed by atoms with Gasteiger partial charge < -0.3 is 9.84 Å². The van der Waals surface area contributed by atoms with Gasteiger partial charge >= 0.3 is 0 Å². The molecule has 1 heterocycles. The number of ether oxygens (including phenoxy) is 1. The summed E-state index contributed by atoms with van der Waals surface area (Å²) in [5.41, 5.74) is 0. The lowest BCUT2D eigenvalue weighted by Gasteiger charge is -2.03. The summed E-state index contributed by atoms with van der Waals surface area (Å²) in [5, 5.41) is 11.5. The van der Waals surface area contributed by atoms with Crippen molar-refractivity contribution in [3.63, 3.8) is 0 Å². The zero-order valence-electron chi connectivity index (χ0n) is 7.24. The van der Waals surface area contributed by atoms with Gasteiger partial charge in [-0.1, -0.05) is 0 Å². The number of H-pyrrole nitrogens is 1. The molecular weight excluding hydrogens is 166 g/mol. The zero-order chi connectivity index (χ0) is 9.26. The van der Waals surface area contributed by atoms with E-state index in [1.165, 1.54) is 7.11 Å². The molecule has 3 nitrogen and oxygen atoms in total. The van der Waals surface area contributed by atoms with Crippen molar-refractivity contribution >= 4 is 10.8 Å². The number of hydrogen-bond donors (Lipinski definition) is 1. The van der Waals surface area contributed by atoms with Gasteiger partial charge in [-0.15, -0.1) is 0 Å². The number of benzene rings is 1. The Kier molecular flexibility index (Phi) is 1.77. The Labute approximate surface area is 75.6 Å². The van der Waals surface area contributed by atoms with Crippen LogP contribution in [0.5, 0.6) is 11.5 Å². The van der Waals surface area contributed by atoms with Gasteiger partial charge in [-0.25, -0.2) is 4.98 Å². The first kappa shape index (κ1) is 7.86. The van der Waals surface area contributed by atoms with Gasteiger partial charge in [-0.2, -0.15) is 0 Å². The SMILES string of the molecule is COc1cc2cc[nH+]cc2cc1O. The smallest absolute Gasteiger partial charge is 0.175 e. The van der Waals surface area contributed by atoms with Crippen LogP contribution in [0.1, 0.15) is 0 Å². The highest BCUT2D eigenvalue weighted by atomic mass is 16.5. The molecule has 66 valence electrons. The molecular formula is C10H10NO2+. The number of pyridine rings is 1. The molecule has 1 aromatic heterocycles. The zero-order valence-corrected chi connectivity index (χ0v) is 7.24. The van der Waals surface area contributed by atoms with Crippen LogP contribution in [-0.2, 0) is 0 Å². The second kappa shape index (κ2) is 2.94. The Bertz CT molecular complexity index is 440. The molecule has 0 atom stereocenters. The first-order valence-corrected chi connectivity index (χ1v) is 3.98. The average molecular weight is 176 g/mol. The summed E-state index contributed by atoms with van der Waals surface area (Å²) in [4.78, 5) is 2.95. The number of aromatic nitrogens is 1. The van der Waals surface area contributed by atoms with Crippen molar-refractivity contribution < 1.29 is 14.8 Å². The van der Waals surface area contributed by atoms with E-state index in [1.54, 1.807) is 12.1 Å². The first-order valence-electron chi connectivity index (χ1n) is 3.98. The van der Waals surface area contributed by atoms with Crippen LogP contribution in [0.2, 0.25) is 0 Å². The number of phenolic OH excluding ortho intramolecular Hbond substituents is 1. The maximum atomic E-state index is 9.47. The normalized spacial score (nSPS) is 10.2. The number of nitrogens with one attached hydrogen (secondary N) is 1. The maximum Gasteiger partial charge on any atom is 0.175 e. The lowest BCUT2D eigenvalue weighted by molar-refractivity contribution is -0.375. The lowest BCUT2D eigenvalue weighted by atomic mass is 10.1. The van der Waals surface area contributed by atoms with Crippen LogP contribution < -0.4 is 9.72 Å². The third-order valence-electron chi connectivity index (χ3n) is 1.98. The van der Waals surface area contributed by atoms with Crippen molar-refractivity contribution in [2.75, 3.05) is 7.11 Å². The number of rotatable bonds is 1. The largest absolute Gasteiger partial charge is 0.504 e. The topological polar surface area (TPSA) is 43.6 Å². The maximum absolute atomic E-state index is 9.47. The predicted octanol–water partition coefficient (Wildman–Crippen LogP) is 1.37. The summed E-state index contributed by atoms with van der Waals surface area (Å²) in [7, 11) is 1.54. The van der Waals surface area contributed by atoms with Gasteiger partial charge in [0.05, 0.1) is 7.11 Å². The van der Waals surface area contributed by atoms with E-state index < -0.39 is 0 Å². The van der Waals surface area contributed by atoms with E-state index >= 15 is 0 Å². The highest BCUT2D eigenvalue weighted by Crippen LogP contribution is 2.29. The molecule has 0 aliphatic carbocycles. The standard InChI is InChI=1S/C10H9NO2/c1-13-10-5-7-2-3-11-6-8(7)4-9(10)12/h2-6,12H,1H3/p+1. The van der Waals surface area contributed by atoms with Crippen LogP contribution in [0.25, 0.3) is 10.8 Å². The highest BCUT2D eigenvalue weighted by molar-refractivity contribution is 5.84. The molecule has 2 N–H and O–H groups in total. The Hall–Kier alpha value is -1.77. The number of phenols is 1. The Balaban J connectivity index is 2.74. The third-order valence-corrected chi connectivity index (χ3v) is 1.98. The number of methoxy groups -OCH3 is 1. The Morgan fingerprint density at radius 2 is 2.15 bits per heavy atom. The second-order valence-electron chi connectivity index (χ2n) is 2.80. The molecule has 0 aliphatic heterocycles. The molecule has 2 rings (SSSR count). The predicted molar refractivity (Wildman–Crippen MR) is 48.7 cm³/mol. The van der Waals surface area contributed by atoms with Gasteiger partial charge in [0.25, 0.3) is 0 Å². The van der Waals surface area contributed by atoms with Crippen LogP contribution in [0.3, 0.4) is 0 Å². The molecule has 0 fully saturated rings. The molecule has 0 saturated heterocycles. The van der Waals surface area contributed by atoms with E-state index in [0.717, 1.165) is 10.8 Å². The van der Waals surface area contributed by atoms with E-state index in [4.69, 9.17) is 4.74 Å². The van der Waals surface area contributed by atoms with Gasteiger partial charge in [-0.3, -0.25) is 0 Å². The molecule has 0 saturated carbocycles. The molecule has 0 bridgehead atoms. The molecule has 1 aromatic carbocycles. The number of aromatic hydroxyl groups is 1. The average Bonchev–Trinajstić information content (AvgIpc) is 2.17. The fourth-order valence-corrected chi connectivity index (χ4v) is 1.31. The quantitative estimate of drug-likeness (QED) is 0.713. The van der Waals surface area contributed by atoms with Crippen molar-refractivity contribution in [3.8, 4) is 11.5 Å². The Morgan fingerprint density at radius 1 is 1.31 bits per heavy atom. The van der Waals surface area contributed by atoms with E-state index in [-0.39, 0.29) is 5.75 Å². The number of aromatic amines is 1. The summed E-state index contributed by atoms with van der Waals surface area (Å²) in [6.07, 6.45) is 3.66. The molecule has 0 amide bonds. The van der Waals surface area contributed by atoms with Crippen molar-refractivity contribution in [3.05, 3.63) is 30.6 Å². The summed E-state index contributed by atoms with van der Waals surface area (Å²) in [5.74, 6) is 0.660. The molecule has 3 heteroatoms. The fraction of sp³-hybridized carbons (Fsp3) is 0.100. The van der Waals surface area contributed by atoms with E-state index in [1.807, 2.05) is 18.5 Å². The van der Waals surface area contributed by atoms with Crippen molar-refractivity contribution in [1.82, 2.24) is 0 Å². The number of hydrogen-bond acceptors (Lipinski definition) is 2. The molecule has 0 spiro atoms. The number of fused-ring (bicyclic) bond motifs is 1. The molecule has 0 aliphatic rings. The molecule has 0 unspecified atom stereocenters. The van der Waals surface area contributed by atoms with Crippen molar-refractivity contribution in [2.45, 2.75) is 0 Å². The minimum absolute atomic E-state index is 0.162. The van der Waals surface area contributed by atoms with Gasteiger partial charge in [0.1, 0.15) is 0 Å². The van der Waals surface area contributed by atoms with Gasteiger partial charge in [0.15, 0.2) is 23.9 Å². The van der Waals surface area contributed by atoms with Gasteiger partial charge in [0.2, 0.25) is 0 Å². The molecule has 0 radical (unpaired) electrons. The summed E-state index contributed by atoms with van der Waals surface area (Å²) >= 11 is 0. The first-order chi connectivity index (χ1) is 6.31. The van der Waals surface area contributed by atoms with Crippen LogP contribution in [0, 0.1) is 0 Å². The molecule has 2 aromatic rings. The van der Waals surface area contributed by atoms with Crippen LogP contribution in [-0.4, -0.2) is 12.2 Å². The van der Waals surface area contributed by atoms with Crippen molar-refractivity contribution in [2.24, 2.45) is 0 Å². The fourth-order valence-electron chi connectivity index (χ4n) is 1.31. The van der Waals surface area contributed by atoms with Crippen LogP contribution in [0.4, 0.5) is 0 Å². The highest BCUT2D eigenvalue weighted by Gasteiger charge is 2.04. The Morgan fingerprint density at radius 3 is 2.92 bits per heavy atom. The monoisotopic (exact) mass is 176 g/mol. The third kappa shape index (κ3) is 1.28. The van der Waals surface area contributed by atoms with Gasteiger partial charge in [-0.05, 0) is 17.5 Å². The summed E-state index contributed by atoms with van der Waals surface area (Å²) in [6, 6.07) is 5.40. The minimum atomic E-state index is 0.162. The van der Waals surface area contributed by atoms with Gasteiger partial charge in [0, 0.05) is 11.5 Å². The van der Waals surface area contributed by atoms with E-state index in [0.29, 0.717) is 5.75 Å². The molecule has 13 heavy (non-hydrogen) atoms. The summed E-state index contributed by atoms with van der Waals surface area (Å²) < 4.78 is 4.99. The second-order valence-corrected chi connectivity index (χ2v) is 2.80. The van der Waals surface area contributed by atoms with E-state index in [9.17, 15) is 5.11 Å². The lowest BCUT2D eigenvalue weighted by Crippen LogP contribution is -1.97. The minimum Gasteiger partial charge on any atom is -0.504 e. The van der Waals surface area contributed by atoms with E-state index in [2.05, 4.69) is 4.98 Å². The van der Waals surface area contributed by atoms with Crippen LogP contribution in [0.15, 0.2) is 30.6 Å².